The number of fused-ring (bicyclic) bond motifs is 1. The summed E-state index contributed by atoms with van der Waals surface area (Å²) in [5.74, 6) is -1.86. The standard InChI is InChI=1S/C26H21ClF5NO5S/c27-24-20(8-17(28)9-21(24)29)15-4-5-23-22(6-15)33(11-18(38-23)10-25(12-34)13-37-14-25)39(35,36)19-3-1-2-16(7-19)26(30,31)32/h1-9,18,34H,10-14H2/t18-/m0/s1. The van der Waals surface area contributed by atoms with Crippen LogP contribution in [0.3, 0.4) is 0 Å². The van der Waals surface area contributed by atoms with Crippen molar-refractivity contribution in [2.45, 2.75) is 23.6 Å². The lowest BCUT2D eigenvalue weighted by Gasteiger charge is -2.44. The molecule has 0 saturated carbocycles. The Labute approximate surface area is 225 Å². The van der Waals surface area contributed by atoms with E-state index in [1.807, 2.05) is 0 Å². The van der Waals surface area contributed by atoms with Gasteiger partial charge in [0.05, 0.1) is 47.5 Å². The molecule has 0 spiro atoms. The van der Waals surface area contributed by atoms with Crippen LogP contribution in [0.1, 0.15) is 12.0 Å². The van der Waals surface area contributed by atoms with Gasteiger partial charge in [0.2, 0.25) is 0 Å². The number of aliphatic hydroxyl groups excluding tert-OH is 1. The first-order chi connectivity index (χ1) is 18.3. The second-order valence-corrected chi connectivity index (χ2v) is 11.8. The molecule has 1 saturated heterocycles. The lowest BCUT2D eigenvalue weighted by Crippen LogP contribution is -2.52. The third-order valence-corrected chi connectivity index (χ3v) is 8.92. The first-order valence-electron chi connectivity index (χ1n) is 11.7. The fourth-order valence-electron chi connectivity index (χ4n) is 4.69. The van der Waals surface area contributed by atoms with Crippen molar-refractivity contribution in [3.05, 3.63) is 76.8 Å². The predicted molar refractivity (Wildman–Crippen MR) is 132 cm³/mol. The van der Waals surface area contributed by atoms with E-state index >= 15 is 0 Å². The van der Waals surface area contributed by atoms with E-state index in [0.29, 0.717) is 12.1 Å². The van der Waals surface area contributed by atoms with Crippen molar-refractivity contribution in [1.29, 1.82) is 0 Å². The van der Waals surface area contributed by atoms with E-state index in [1.54, 1.807) is 0 Å². The molecule has 0 bridgehead atoms. The van der Waals surface area contributed by atoms with Gasteiger partial charge in [0.25, 0.3) is 10.0 Å². The molecule has 1 fully saturated rings. The van der Waals surface area contributed by atoms with Crippen LogP contribution < -0.4 is 9.04 Å². The lowest BCUT2D eigenvalue weighted by molar-refractivity contribution is -0.151. The molecule has 0 amide bonds. The van der Waals surface area contributed by atoms with Gasteiger partial charge in [-0.1, -0.05) is 23.7 Å². The van der Waals surface area contributed by atoms with Crippen molar-refractivity contribution in [3.63, 3.8) is 0 Å². The average molecular weight is 590 g/mol. The van der Waals surface area contributed by atoms with Crippen molar-refractivity contribution in [3.8, 4) is 16.9 Å². The largest absolute Gasteiger partial charge is 0.486 e. The molecule has 0 radical (unpaired) electrons. The van der Waals surface area contributed by atoms with Gasteiger partial charge in [0, 0.05) is 17.0 Å². The van der Waals surface area contributed by atoms with Gasteiger partial charge in [-0.2, -0.15) is 13.2 Å². The van der Waals surface area contributed by atoms with E-state index in [1.165, 1.54) is 18.2 Å². The molecule has 1 N–H and O–H groups in total. The molecule has 5 rings (SSSR count). The highest BCUT2D eigenvalue weighted by atomic mass is 35.5. The fourth-order valence-corrected chi connectivity index (χ4v) is 6.45. The minimum atomic E-state index is -4.78. The highest BCUT2D eigenvalue weighted by Crippen LogP contribution is 2.44. The molecule has 2 heterocycles. The quantitative estimate of drug-likeness (QED) is 0.297. The summed E-state index contributed by atoms with van der Waals surface area (Å²) in [6, 6.07) is 9.05. The lowest BCUT2D eigenvalue weighted by atomic mass is 9.81. The Morgan fingerprint density at radius 2 is 1.82 bits per heavy atom. The minimum Gasteiger partial charge on any atom is -0.486 e. The molecular weight excluding hydrogens is 569 g/mol. The zero-order chi connectivity index (χ0) is 28.2. The smallest absolute Gasteiger partial charge is 0.416 e. The third-order valence-electron chi connectivity index (χ3n) is 6.76. The van der Waals surface area contributed by atoms with Crippen LogP contribution in [-0.2, 0) is 20.9 Å². The molecule has 208 valence electrons. The summed E-state index contributed by atoms with van der Waals surface area (Å²) in [5, 5.41) is 9.46. The number of hydrogen-bond acceptors (Lipinski definition) is 5. The number of rotatable bonds is 6. The predicted octanol–water partition coefficient (Wildman–Crippen LogP) is 5.66. The van der Waals surface area contributed by atoms with Crippen molar-refractivity contribution >= 4 is 27.3 Å². The maximum Gasteiger partial charge on any atom is 0.416 e. The number of hydrogen-bond donors (Lipinski definition) is 1. The Morgan fingerprint density at radius 1 is 1.08 bits per heavy atom. The minimum absolute atomic E-state index is 0.0511. The molecule has 2 aliphatic rings. The van der Waals surface area contributed by atoms with E-state index in [2.05, 4.69) is 0 Å². The van der Waals surface area contributed by atoms with Crippen LogP contribution in [0.4, 0.5) is 27.6 Å². The van der Waals surface area contributed by atoms with E-state index < -0.39 is 54.8 Å². The number of ether oxygens (including phenoxy) is 2. The van der Waals surface area contributed by atoms with Crippen LogP contribution in [0, 0.1) is 17.0 Å². The van der Waals surface area contributed by atoms with Gasteiger partial charge in [-0.3, -0.25) is 4.31 Å². The van der Waals surface area contributed by atoms with Gasteiger partial charge in [0.15, 0.2) is 0 Å². The van der Waals surface area contributed by atoms with Crippen LogP contribution in [-0.4, -0.2) is 46.0 Å². The topological polar surface area (TPSA) is 76.1 Å². The van der Waals surface area contributed by atoms with Gasteiger partial charge in [0.1, 0.15) is 23.5 Å². The number of alkyl halides is 3. The summed E-state index contributed by atoms with van der Waals surface area (Å²) in [6.45, 7) is -0.0664. The summed E-state index contributed by atoms with van der Waals surface area (Å²) >= 11 is 6.05. The maximum absolute atomic E-state index is 14.1. The number of sulfonamides is 1. The molecule has 6 nitrogen and oxygen atoms in total. The van der Waals surface area contributed by atoms with E-state index in [4.69, 9.17) is 21.1 Å². The van der Waals surface area contributed by atoms with Gasteiger partial charge in [-0.25, -0.2) is 17.2 Å². The monoisotopic (exact) mass is 589 g/mol. The molecule has 39 heavy (non-hydrogen) atoms. The first kappa shape index (κ1) is 27.6. The molecule has 1 atom stereocenters. The second-order valence-electron chi connectivity index (χ2n) is 9.59. The number of nitrogens with zero attached hydrogens (tertiary/aromatic N) is 1. The summed E-state index contributed by atoms with van der Waals surface area (Å²) in [6.07, 6.45) is -5.35. The Hall–Kier alpha value is -2.93. The van der Waals surface area contributed by atoms with Crippen molar-refractivity contribution < 1.29 is 45.0 Å². The van der Waals surface area contributed by atoms with Crippen LogP contribution in [0.25, 0.3) is 11.1 Å². The van der Waals surface area contributed by atoms with Crippen LogP contribution in [0.5, 0.6) is 5.75 Å². The Morgan fingerprint density at radius 3 is 2.46 bits per heavy atom. The van der Waals surface area contributed by atoms with Crippen LogP contribution >= 0.6 is 11.6 Å². The van der Waals surface area contributed by atoms with Crippen LogP contribution in [0.2, 0.25) is 5.02 Å². The highest BCUT2D eigenvalue weighted by molar-refractivity contribution is 7.92. The second kappa shape index (κ2) is 9.92. The zero-order valence-electron chi connectivity index (χ0n) is 20.0. The van der Waals surface area contributed by atoms with Crippen molar-refractivity contribution in [2.24, 2.45) is 5.41 Å². The Kier molecular flexibility index (Phi) is 7.03. The van der Waals surface area contributed by atoms with E-state index in [9.17, 15) is 35.5 Å². The number of benzene rings is 3. The molecule has 0 unspecified atom stereocenters. The van der Waals surface area contributed by atoms with Gasteiger partial charge in [-0.15, -0.1) is 0 Å². The van der Waals surface area contributed by atoms with E-state index in [0.717, 1.165) is 28.6 Å². The third kappa shape index (κ3) is 5.18. The number of aliphatic hydroxyl groups is 1. The van der Waals surface area contributed by atoms with E-state index in [-0.39, 0.29) is 55.4 Å². The molecule has 2 aliphatic heterocycles. The Bertz CT molecular complexity index is 1520. The highest BCUT2D eigenvalue weighted by Gasteiger charge is 2.44. The van der Waals surface area contributed by atoms with Crippen molar-refractivity contribution in [2.75, 3.05) is 30.7 Å². The summed E-state index contributed by atoms with van der Waals surface area (Å²) in [4.78, 5) is -0.604. The molecular formula is C26H21ClF5NO5S. The molecule has 0 aliphatic carbocycles. The summed E-state index contributed by atoms with van der Waals surface area (Å²) in [5.41, 5.74) is -1.75. The molecule has 3 aromatic carbocycles. The van der Waals surface area contributed by atoms with Crippen LogP contribution in [0.15, 0.2) is 59.5 Å². The number of anilines is 1. The fraction of sp³-hybridized carbons (Fsp3) is 0.308. The zero-order valence-corrected chi connectivity index (χ0v) is 21.6. The summed E-state index contributed by atoms with van der Waals surface area (Å²) < 4.78 is 108. The molecule has 0 aromatic heterocycles. The normalized spacial score (nSPS) is 18.7. The van der Waals surface area contributed by atoms with Gasteiger partial charge >= 0.3 is 6.18 Å². The molecule has 3 aromatic rings. The van der Waals surface area contributed by atoms with Gasteiger partial charge < -0.3 is 14.6 Å². The maximum atomic E-state index is 14.1. The Balaban J connectivity index is 1.62. The molecule has 13 heteroatoms. The van der Waals surface area contributed by atoms with Crippen molar-refractivity contribution in [1.82, 2.24) is 0 Å². The average Bonchev–Trinajstić information content (AvgIpc) is 2.87. The number of halogens is 6. The van der Waals surface area contributed by atoms with Gasteiger partial charge in [-0.05, 0) is 48.4 Å². The first-order valence-corrected chi connectivity index (χ1v) is 13.5. The summed E-state index contributed by atoms with van der Waals surface area (Å²) in [7, 11) is -4.59. The SMILES string of the molecule is O=S(=O)(c1cccc(C(F)(F)F)c1)N1C[C@H](CC2(CO)COC2)Oc2ccc(-c3cc(F)cc(F)c3Cl)cc21.